The number of nitrogens with one attached hydrogen (secondary N) is 1. The average molecular weight is 389 g/mol. The van der Waals surface area contributed by atoms with Crippen molar-refractivity contribution >= 4 is 43.3 Å². The first-order valence-corrected chi connectivity index (χ1v) is 11.1. The average Bonchev–Trinajstić information content (AvgIpc) is 2.77. The molecule has 0 atom stereocenters. The number of benzene rings is 1. The molecule has 0 aliphatic heterocycles. The third-order valence-electron chi connectivity index (χ3n) is 3.34. The highest BCUT2D eigenvalue weighted by Gasteiger charge is 2.18. The summed E-state index contributed by atoms with van der Waals surface area (Å²) in [5.74, 6) is 0.710. The van der Waals surface area contributed by atoms with Gasteiger partial charge in [0.2, 0.25) is 10.0 Å². The monoisotopic (exact) mass is 388 g/mol. The molecule has 2 aromatic rings. The van der Waals surface area contributed by atoms with Gasteiger partial charge < -0.3 is 0 Å². The van der Waals surface area contributed by atoms with Crippen molar-refractivity contribution in [2.75, 3.05) is 12.3 Å². The molecule has 2 rings (SSSR count). The van der Waals surface area contributed by atoms with Gasteiger partial charge in [-0.25, -0.2) is 13.1 Å². The van der Waals surface area contributed by atoms with Crippen molar-refractivity contribution < 1.29 is 8.42 Å². The maximum atomic E-state index is 12.4. The Morgan fingerprint density at radius 3 is 2.54 bits per heavy atom. The molecule has 1 aromatic carbocycles. The zero-order chi connectivity index (χ0) is 18.1. The van der Waals surface area contributed by atoms with Gasteiger partial charge in [-0.3, -0.25) is 9.36 Å². The fourth-order valence-electron chi connectivity index (χ4n) is 2.29. The van der Waals surface area contributed by atoms with Crippen LogP contribution in [0, 0.1) is 0 Å². The minimum atomic E-state index is -3.56. The second kappa shape index (κ2) is 7.19. The summed E-state index contributed by atoms with van der Waals surface area (Å²) < 4.78 is 30.0. The van der Waals surface area contributed by atoms with E-state index >= 15 is 0 Å². The molecule has 1 N–H and O–H groups in total. The van der Waals surface area contributed by atoms with Crippen LogP contribution in [0.25, 0.3) is 10.2 Å². The smallest absolute Gasteiger partial charge is 0.296 e. The lowest BCUT2D eigenvalue weighted by atomic mass is 10.3. The van der Waals surface area contributed by atoms with Crippen LogP contribution in [-0.2, 0) is 10.0 Å². The van der Waals surface area contributed by atoms with E-state index in [4.69, 9.17) is 0 Å². The first kappa shape index (κ1) is 19.5. The van der Waals surface area contributed by atoms with Crippen molar-refractivity contribution in [1.82, 2.24) is 9.29 Å². The normalized spacial score (nSPS) is 13.1. The zero-order valence-electron chi connectivity index (χ0n) is 14.6. The van der Waals surface area contributed by atoms with E-state index < -0.39 is 10.0 Å². The van der Waals surface area contributed by atoms with E-state index in [-0.39, 0.29) is 20.6 Å². The van der Waals surface area contributed by atoms with Crippen LogP contribution in [0.2, 0.25) is 0 Å². The predicted octanol–water partition coefficient (Wildman–Crippen LogP) is 3.45. The van der Waals surface area contributed by atoms with Gasteiger partial charge in [-0.15, -0.1) is 0 Å². The van der Waals surface area contributed by atoms with Crippen molar-refractivity contribution in [3.63, 3.8) is 0 Å². The standard InChI is InChI=1S/C16H24N2O3S3/c1-11(2)18-13-7-6-12(10-14(13)23-15(18)19)24(20,21)17-8-9-22-16(3,4)5/h6-7,10-11,17H,8-9H2,1-5H3. The maximum Gasteiger partial charge on any atom is 0.308 e. The number of thioether (sulfide) groups is 1. The molecule has 0 spiro atoms. The Morgan fingerprint density at radius 1 is 1.29 bits per heavy atom. The van der Waals surface area contributed by atoms with E-state index in [2.05, 4.69) is 25.5 Å². The summed E-state index contributed by atoms with van der Waals surface area (Å²) in [4.78, 5) is 12.2. The summed E-state index contributed by atoms with van der Waals surface area (Å²) in [6.07, 6.45) is 0. The molecule has 0 bridgehead atoms. The largest absolute Gasteiger partial charge is 0.308 e. The van der Waals surface area contributed by atoms with Gasteiger partial charge in [0, 0.05) is 23.1 Å². The van der Waals surface area contributed by atoms with Crippen LogP contribution in [-0.4, -0.2) is 30.0 Å². The van der Waals surface area contributed by atoms with E-state index in [1.54, 1.807) is 34.5 Å². The quantitative estimate of drug-likeness (QED) is 0.770. The molecule has 24 heavy (non-hydrogen) atoms. The van der Waals surface area contributed by atoms with E-state index in [9.17, 15) is 13.2 Å². The Bertz CT molecular complexity index is 874. The van der Waals surface area contributed by atoms with E-state index in [1.165, 1.54) is 0 Å². The number of thiazole rings is 1. The molecular formula is C16H24N2O3S3. The second-order valence-electron chi connectivity index (χ2n) is 6.82. The first-order chi connectivity index (χ1) is 11.0. The van der Waals surface area contributed by atoms with Gasteiger partial charge in [-0.2, -0.15) is 11.8 Å². The lowest BCUT2D eigenvalue weighted by molar-refractivity contribution is 0.584. The van der Waals surface area contributed by atoms with Crippen LogP contribution in [0.3, 0.4) is 0 Å². The number of aromatic nitrogens is 1. The van der Waals surface area contributed by atoms with Crippen molar-refractivity contribution in [1.29, 1.82) is 0 Å². The molecule has 1 heterocycles. The number of hydrogen-bond acceptors (Lipinski definition) is 5. The number of sulfonamides is 1. The lowest BCUT2D eigenvalue weighted by Gasteiger charge is -2.17. The molecule has 134 valence electrons. The van der Waals surface area contributed by atoms with Gasteiger partial charge in [-0.05, 0) is 32.0 Å². The summed E-state index contributed by atoms with van der Waals surface area (Å²) in [6.45, 7) is 10.6. The van der Waals surface area contributed by atoms with Crippen LogP contribution >= 0.6 is 23.1 Å². The molecule has 8 heteroatoms. The van der Waals surface area contributed by atoms with Crippen LogP contribution in [0.5, 0.6) is 0 Å². The van der Waals surface area contributed by atoms with Crippen LogP contribution in [0.15, 0.2) is 27.9 Å². The summed E-state index contributed by atoms with van der Waals surface area (Å²) in [5, 5.41) is 0. The SMILES string of the molecule is CC(C)n1c(=O)sc2cc(S(=O)(=O)NCCSC(C)(C)C)ccc21. The fraction of sp³-hybridized carbons (Fsp3) is 0.562. The van der Waals surface area contributed by atoms with Gasteiger partial charge in [0.05, 0.1) is 15.1 Å². The van der Waals surface area contributed by atoms with Crippen molar-refractivity contribution in [2.45, 2.75) is 50.3 Å². The van der Waals surface area contributed by atoms with E-state index in [0.29, 0.717) is 17.0 Å². The lowest BCUT2D eigenvalue weighted by Crippen LogP contribution is -2.27. The minimum Gasteiger partial charge on any atom is -0.296 e. The summed E-state index contributed by atoms with van der Waals surface area (Å²) >= 11 is 2.79. The Kier molecular flexibility index (Phi) is 5.84. The Balaban J connectivity index is 2.20. The van der Waals surface area contributed by atoms with Gasteiger partial charge in [-0.1, -0.05) is 32.1 Å². The number of nitrogens with zero attached hydrogens (tertiary/aromatic N) is 1. The Labute approximate surface area is 151 Å². The molecule has 0 aliphatic carbocycles. The van der Waals surface area contributed by atoms with Crippen LogP contribution in [0.1, 0.15) is 40.7 Å². The fourth-order valence-corrected chi connectivity index (χ4v) is 5.42. The van der Waals surface area contributed by atoms with Crippen molar-refractivity contribution in [3.05, 3.63) is 27.9 Å². The maximum absolute atomic E-state index is 12.4. The first-order valence-electron chi connectivity index (χ1n) is 7.80. The van der Waals surface area contributed by atoms with E-state index in [0.717, 1.165) is 16.9 Å². The highest BCUT2D eigenvalue weighted by atomic mass is 32.2. The van der Waals surface area contributed by atoms with Gasteiger partial charge >= 0.3 is 4.87 Å². The van der Waals surface area contributed by atoms with Gasteiger partial charge in [0.1, 0.15) is 0 Å². The molecule has 0 aliphatic rings. The molecule has 0 amide bonds. The summed E-state index contributed by atoms with van der Waals surface area (Å²) in [7, 11) is -3.56. The number of rotatable bonds is 6. The van der Waals surface area contributed by atoms with E-state index in [1.807, 2.05) is 13.8 Å². The molecule has 0 unspecified atom stereocenters. The van der Waals surface area contributed by atoms with Crippen molar-refractivity contribution in [3.8, 4) is 0 Å². The highest BCUT2D eigenvalue weighted by molar-refractivity contribution is 8.00. The third kappa shape index (κ3) is 4.62. The summed E-state index contributed by atoms with van der Waals surface area (Å²) in [5.41, 5.74) is 0.780. The molecule has 0 saturated heterocycles. The Hall–Kier alpha value is -0.830. The molecule has 0 fully saturated rings. The Morgan fingerprint density at radius 2 is 1.96 bits per heavy atom. The molecular weight excluding hydrogens is 364 g/mol. The predicted molar refractivity (Wildman–Crippen MR) is 104 cm³/mol. The van der Waals surface area contributed by atoms with Crippen LogP contribution in [0.4, 0.5) is 0 Å². The van der Waals surface area contributed by atoms with Gasteiger partial charge in [0.25, 0.3) is 0 Å². The molecule has 5 nitrogen and oxygen atoms in total. The number of fused-ring (bicyclic) bond motifs is 1. The number of hydrogen-bond donors (Lipinski definition) is 1. The third-order valence-corrected chi connectivity index (χ3v) is 6.99. The van der Waals surface area contributed by atoms with Crippen LogP contribution < -0.4 is 9.60 Å². The summed E-state index contributed by atoms with van der Waals surface area (Å²) in [6, 6.07) is 4.90. The molecule has 1 aromatic heterocycles. The van der Waals surface area contributed by atoms with Gasteiger partial charge in [0.15, 0.2) is 0 Å². The minimum absolute atomic E-state index is 0.0428. The second-order valence-corrected chi connectivity index (χ2v) is 11.5. The van der Waals surface area contributed by atoms with Crippen molar-refractivity contribution in [2.24, 2.45) is 0 Å². The highest BCUT2D eigenvalue weighted by Crippen LogP contribution is 2.25. The molecule has 0 radical (unpaired) electrons. The zero-order valence-corrected chi connectivity index (χ0v) is 17.1. The topological polar surface area (TPSA) is 68.2 Å². The molecule has 0 saturated carbocycles.